The fourth-order valence-electron chi connectivity index (χ4n) is 1.88. The lowest BCUT2D eigenvalue weighted by atomic mass is 10.1. The molecule has 108 valence electrons. The molecular formula is C14H20N4O2. The second kappa shape index (κ2) is 6.27. The van der Waals surface area contributed by atoms with Gasteiger partial charge in [-0.05, 0) is 31.0 Å². The van der Waals surface area contributed by atoms with Gasteiger partial charge >= 0.3 is 0 Å². The first-order chi connectivity index (χ1) is 9.61. The predicted octanol–water partition coefficient (Wildman–Crippen LogP) is 0.567. The van der Waals surface area contributed by atoms with Gasteiger partial charge in [-0.3, -0.25) is 9.59 Å². The zero-order valence-corrected chi connectivity index (χ0v) is 11.5. The molecular weight excluding hydrogens is 256 g/mol. The van der Waals surface area contributed by atoms with Gasteiger partial charge < -0.3 is 21.7 Å². The first-order valence-corrected chi connectivity index (χ1v) is 6.75. The standard InChI is InChI=1S/C14H20N4O2/c1-16-13(19)10-4-5-12(11(15)8-10)17-6-7-18-14(20)9-2-3-9/h4-5,8-9,17H,2-3,6-7,15H2,1H3,(H,16,19)(H,18,20). The molecule has 0 radical (unpaired) electrons. The van der Waals surface area contributed by atoms with E-state index in [9.17, 15) is 9.59 Å². The summed E-state index contributed by atoms with van der Waals surface area (Å²) in [5, 5.41) is 8.55. The molecule has 1 fully saturated rings. The molecule has 1 aromatic carbocycles. The van der Waals surface area contributed by atoms with Gasteiger partial charge in [0.15, 0.2) is 0 Å². The zero-order chi connectivity index (χ0) is 14.5. The van der Waals surface area contributed by atoms with E-state index in [4.69, 9.17) is 5.73 Å². The molecule has 0 saturated heterocycles. The monoisotopic (exact) mass is 276 g/mol. The molecule has 1 saturated carbocycles. The highest BCUT2D eigenvalue weighted by atomic mass is 16.2. The number of anilines is 2. The molecule has 0 heterocycles. The van der Waals surface area contributed by atoms with Crippen LogP contribution < -0.4 is 21.7 Å². The first kappa shape index (κ1) is 14.2. The number of carbonyl (C=O) groups is 2. The maximum absolute atomic E-state index is 11.4. The van der Waals surface area contributed by atoms with Crippen molar-refractivity contribution in [3.63, 3.8) is 0 Å². The molecule has 0 aromatic heterocycles. The summed E-state index contributed by atoms with van der Waals surface area (Å²) in [6.07, 6.45) is 2.01. The summed E-state index contributed by atoms with van der Waals surface area (Å²) in [6, 6.07) is 5.10. The van der Waals surface area contributed by atoms with E-state index in [0.29, 0.717) is 24.3 Å². The van der Waals surface area contributed by atoms with E-state index in [1.54, 1.807) is 25.2 Å². The number of carbonyl (C=O) groups excluding carboxylic acids is 2. The Balaban J connectivity index is 1.80. The molecule has 5 N–H and O–H groups in total. The molecule has 6 heteroatoms. The molecule has 0 atom stereocenters. The van der Waals surface area contributed by atoms with Crippen LogP contribution in [0, 0.1) is 5.92 Å². The summed E-state index contributed by atoms with van der Waals surface area (Å²) in [6.45, 7) is 1.16. The second-order valence-electron chi connectivity index (χ2n) is 4.87. The average molecular weight is 276 g/mol. The van der Waals surface area contributed by atoms with E-state index in [-0.39, 0.29) is 17.7 Å². The van der Waals surface area contributed by atoms with Gasteiger partial charge in [-0.15, -0.1) is 0 Å². The van der Waals surface area contributed by atoms with Crippen molar-refractivity contribution in [3.05, 3.63) is 23.8 Å². The van der Waals surface area contributed by atoms with Crippen LogP contribution in [0.5, 0.6) is 0 Å². The minimum absolute atomic E-state index is 0.134. The van der Waals surface area contributed by atoms with Gasteiger partial charge in [0, 0.05) is 31.6 Å². The van der Waals surface area contributed by atoms with E-state index in [1.807, 2.05) is 0 Å². The Morgan fingerprint density at radius 3 is 2.65 bits per heavy atom. The van der Waals surface area contributed by atoms with E-state index < -0.39 is 0 Å². The van der Waals surface area contributed by atoms with Gasteiger partial charge in [0.2, 0.25) is 5.91 Å². The highest BCUT2D eigenvalue weighted by Gasteiger charge is 2.28. The lowest BCUT2D eigenvalue weighted by Crippen LogP contribution is -2.29. The molecule has 2 rings (SSSR count). The molecule has 6 nitrogen and oxygen atoms in total. The number of hydrogen-bond donors (Lipinski definition) is 4. The number of nitrogens with two attached hydrogens (primary N) is 1. The molecule has 1 aliphatic carbocycles. The van der Waals surface area contributed by atoms with Gasteiger partial charge in [-0.25, -0.2) is 0 Å². The van der Waals surface area contributed by atoms with Crippen LogP contribution in [0.2, 0.25) is 0 Å². The predicted molar refractivity (Wildman–Crippen MR) is 78.5 cm³/mol. The van der Waals surface area contributed by atoms with Gasteiger partial charge in [-0.2, -0.15) is 0 Å². The maximum Gasteiger partial charge on any atom is 0.251 e. The topological polar surface area (TPSA) is 96.2 Å². The third kappa shape index (κ3) is 3.63. The number of amides is 2. The quantitative estimate of drug-likeness (QED) is 0.451. The Kier molecular flexibility index (Phi) is 4.45. The zero-order valence-electron chi connectivity index (χ0n) is 11.5. The van der Waals surface area contributed by atoms with E-state index in [0.717, 1.165) is 18.5 Å². The van der Waals surface area contributed by atoms with Crippen LogP contribution in [0.1, 0.15) is 23.2 Å². The van der Waals surface area contributed by atoms with Gasteiger partial charge in [0.1, 0.15) is 0 Å². The van der Waals surface area contributed by atoms with Crippen LogP contribution in [0.4, 0.5) is 11.4 Å². The van der Waals surface area contributed by atoms with Crippen LogP contribution in [0.25, 0.3) is 0 Å². The SMILES string of the molecule is CNC(=O)c1ccc(NCCNC(=O)C2CC2)c(N)c1. The summed E-state index contributed by atoms with van der Waals surface area (Å²) < 4.78 is 0. The highest BCUT2D eigenvalue weighted by molar-refractivity contribution is 5.95. The first-order valence-electron chi connectivity index (χ1n) is 6.75. The number of hydrogen-bond acceptors (Lipinski definition) is 4. The molecule has 1 aliphatic rings. The Bertz CT molecular complexity index is 512. The minimum Gasteiger partial charge on any atom is -0.397 e. The fourth-order valence-corrected chi connectivity index (χ4v) is 1.88. The van der Waals surface area contributed by atoms with E-state index >= 15 is 0 Å². The molecule has 0 spiro atoms. The lowest BCUT2D eigenvalue weighted by Gasteiger charge is -2.11. The minimum atomic E-state index is -0.167. The fraction of sp³-hybridized carbons (Fsp3) is 0.429. The maximum atomic E-state index is 11.4. The van der Waals surface area contributed by atoms with Crippen LogP contribution in [0.15, 0.2) is 18.2 Å². The summed E-state index contributed by atoms with van der Waals surface area (Å²) in [7, 11) is 1.58. The van der Waals surface area contributed by atoms with Crippen molar-refractivity contribution >= 4 is 23.2 Å². The van der Waals surface area contributed by atoms with Gasteiger partial charge in [0.25, 0.3) is 5.91 Å². The van der Waals surface area contributed by atoms with Crippen molar-refractivity contribution in [2.24, 2.45) is 5.92 Å². The molecule has 0 unspecified atom stereocenters. The average Bonchev–Trinajstić information content (AvgIpc) is 3.28. The van der Waals surface area contributed by atoms with Crippen LogP contribution in [-0.2, 0) is 4.79 Å². The number of nitrogen functional groups attached to an aromatic ring is 1. The molecule has 0 aliphatic heterocycles. The Labute approximate surface area is 118 Å². The van der Waals surface area contributed by atoms with Crippen molar-refractivity contribution in [2.45, 2.75) is 12.8 Å². The number of benzene rings is 1. The molecule has 2 amide bonds. The molecule has 0 bridgehead atoms. The van der Waals surface area contributed by atoms with Gasteiger partial charge in [0.05, 0.1) is 11.4 Å². The highest BCUT2D eigenvalue weighted by Crippen LogP contribution is 2.28. The van der Waals surface area contributed by atoms with E-state index in [2.05, 4.69) is 16.0 Å². The normalized spacial score (nSPS) is 13.7. The second-order valence-corrected chi connectivity index (χ2v) is 4.87. The number of rotatable bonds is 6. The summed E-state index contributed by atoms with van der Waals surface area (Å²) in [5.41, 5.74) is 7.69. The number of nitrogens with one attached hydrogen (secondary N) is 3. The third-order valence-electron chi connectivity index (χ3n) is 3.23. The van der Waals surface area contributed by atoms with Crippen molar-refractivity contribution in [2.75, 3.05) is 31.2 Å². The Hall–Kier alpha value is -2.24. The van der Waals surface area contributed by atoms with Crippen LogP contribution in [-0.4, -0.2) is 32.0 Å². The lowest BCUT2D eigenvalue weighted by molar-refractivity contribution is -0.122. The smallest absolute Gasteiger partial charge is 0.251 e. The molecule has 20 heavy (non-hydrogen) atoms. The summed E-state index contributed by atoms with van der Waals surface area (Å²) in [5.74, 6) is 0.196. The third-order valence-corrected chi connectivity index (χ3v) is 3.23. The summed E-state index contributed by atoms with van der Waals surface area (Å²) >= 11 is 0. The van der Waals surface area contributed by atoms with Gasteiger partial charge in [-0.1, -0.05) is 0 Å². The van der Waals surface area contributed by atoms with Crippen molar-refractivity contribution in [1.29, 1.82) is 0 Å². The van der Waals surface area contributed by atoms with Crippen molar-refractivity contribution in [3.8, 4) is 0 Å². The Morgan fingerprint density at radius 2 is 2.05 bits per heavy atom. The van der Waals surface area contributed by atoms with Crippen LogP contribution in [0.3, 0.4) is 0 Å². The van der Waals surface area contributed by atoms with Crippen molar-refractivity contribution < 1.29 is 9.59 Å². The summed E-state index contributed by atoms with van der Waals surface area (Å²) in [4.78, 5) is 22.9. The van der Waals surface area contributed by atoms with E-state index in [1.165, 1.54) is 0 Å². The van der Waals surface area contributed by atoms with Crippen molar-refractivity contribution in [1.82, 2.24) is 10.6 Å². The molecule has 1 aromatic rings. The Morgan fingerprint density at radius 1 is 1.30 bits per heavy atom. The van der Waals surface area contributed by atoms with Crippen LogP contribution >= 0.6 is 0 Å². The largest absolute Gasteiger partial charge is 0.397 e.